The molecule has 0 fully saturated rings. The van der Waals surface area contributed by atoms with E-state index in [0.29, 0.717) is 11.8 Å². The van der Waals surface area contributed by atoms with Gasteiger partial charge in [-0.15, -0.1) is 11.3 Å². The van der Waals surface area contributed by atoms with Crippen LogP contribution in [-0.4, -0.2) is 4.98 Å². The smallest absolute Gasteiger partial charge is 0.237 e. The largest absolute Gasteiger partial charge is 0.435 e. The second-order valence-electron chi connectivity index (χ2n) is 5.65. The highest BCUT2D eigenvalue weighted by Gasteiger charge is 2.14. The van der Waals surface area contributed by atoms with E-state index in [2.05, 4.69) is 56.6 Å². The Kier molecular flexibility index (Phi) is 4.16. The molecule has 0 amide bonds. The highest BCUT2D eigenvalue weighted by atomic mass is 32.1. The molecule has 0 unspecified atom stereocenters. The van der Waals surface area contributed by atoms with E-state index in [4.69, 9.17) is 4.42 Å². The molecule has 2 heterocycles. The van der Waals surface area contributed by atoms with Crippen molar-refractivity contribution in [2.24, 2.45) is 5.92 Å². The summed E-state index contributed by atoms with van der Waals surface area (Å²) >= 11 is 1.70. The van der Waals surface area contributed by atoms with Crippen LogP contribution in [0, 0.1) is 12.8 Å². The lowest BCUT2D eigenvalue weighted by Gasteiger charge is -2.15. The number of benzene rings is 1. The quantitative estimate of drug-likeness (QED) is 0.551. The highest BCUT2D eigenvalue weighted by Crippen LogP contribution is 2.33. The number of rotatable bonds is 5. The van der Waals surface area contributed by atoms with Gasteiger partial charge in [0.2, 0.25) is 5.89 Å². The van der Waals surface area contributed by atoms with Crippen LogP contribution < -0.4 is 0 Å². The fraction of sp³-hybridized carbons (Fsp3) is 0.316. The molecule has 0 atom stereocenters. The SMILES string of the molecule is C=C(c1ccc2nc(-c3ccc(C)s3)oc2c1)C(CC)CC. The summed E-state index contributed by atoms with van der Waals surface area (Å²) < 4.78 is 5.96. The van der Waals surface area contributed by atoms with Gasteiger partial charge >= 0.3 is 0 Å². The van der Waals surface area contributed by atoms with Gasteiger partial charge in [0, 0.05) is 4.88 Å². The minimum Gasteiger partial charge on any atom is -0.435 e. The third-order valence-corrected chi connectivity index (χ3v) is 5.18. The molecule has 0 bridgehead atoms. The first-order chi connectivity index (χ1) is 10.6. The summed E-state index contributed by atoms with van der Waals surface area (Å²) in [4.78, 5) is 6.94. The topological polar surface area (TPSA) is 26.0 Å². The number of aryl methyl sites for hydroxylation is 1. The first kappa shape index (κ1) is 15.0. The van der Waals surface area contributed by atoms with Crippen molar-refractivity contribution in [1.29, 1.82) is 0 Å². The molecule has 2 nitrogen and oxygen atoms in total. The molecule has 0 radical (unpaired) electrons. The van der Waals surface area contributed by atoms with Gasteiger partial charge in [0.1, 0.15) is 5.52 Å². The molecule has 0 aliphatic heterocycles. The summed E-state index contributed by atoms with van der Waals surface area (Å²) in [6.45, 7) is 10.8. The Bertz CT molecular complexity index is 808. The Hall–Kier alpha value is -1.87. The van der Waals surface area contributed by atoms with Crippen LogP contribution in [0.2, 0.25) is 0 Å². The molecule has 0 aliphatic carbocycles. The maximum absolute atomic E-state index is 5.96. The molecule has 114 valence electrons. The van der Waals surface area contributed by atoms with E-state index in [1.807, 2.05) is 6.07 Å². The standard InChI is InChI=1S/C19H21NOS/c1-5-14(6-2)13(4)15-8-9-16-17(11-15)21-19(20-16)18-10-7-12(3)22-18/h7-11,14H,4-6H2,1-3H3. The Balaban J connectivity index is 1.98. The summed E-state index contributed by atoms with van der Waals surface area (Å²) in [5.41, 5.74) is 4.09. The van der Waals surface area contributed by atoms with E-state index >= 15 is 0 Å². The van der Waals surface area contributed by atoms with E-state index in [0.717, 1.165) is 34.4 Å². The van der Waals surface area contributed by atoms with Gasteiger partial charge in [0.15, 0.2) is 5.58 Å². The average molecular weight is 311 g/mol. The van der Waals surface area contributed by atoms with E-state index in [1.165, 1.54) is 10.5 Å². The summed E-state index contributed by atoms with van der Waals surface area (Å²) in [5.74, 6) is 1.23. The second-order valence-corrected chi connectivity index (χ2v) is 6.94. The van der Waals surface area contributed by atoms with Gasteiger partial charge in [-0.25, -0.2) is 4.98 Å². The average Bonchev–Trinajstić information content (AvgIpc) is 3.13. The van der Waals surface area contributed by atoms with Crippen LogP contribution in [0.25, 0.3) is 27.4 Å². The molecular weight excluding hydrogens is 290 g/mol. The van der Waals surface area contributed by atoms with Gasteiger partial charge in [0.25, 0.3) is 0 Å². The van der Waals surface area contributed by atoms with Crippen molar-refractivity contribution in [1.82, 2.24) is 4.98 Å². The number of thiophene rings is 1. The van der Waals surface area contributed by atoms with Crippen molar-refractivity contribution < 1.29 is 4.42 Å². The van der Waals surface area contributed by atoms with Crippen molar-refractivity contribution in [2.45, 2.75) is 33.6 Å². The third kappa shape index (κ3) is 2.73. The number of allylic oxidation sites excluding steroid dienone is 1. The van der Waals surface area contributed by atoms with Crippen LogP contribution in [0.1, 0.15) is 37.1 Å². The van der Waals surface area contributed by atoms with E-state index in [1.54, 1.807) is 11.3 Å². The molecule has 0 spiro atoms. The first-order valence-corrected chi connectivity index (χ1v) is 8.60. The number of nitrogens with zero attached hydrogens (tertiary/aromatic N) is 1. The molecule has 22 heavy (non-hydrogen) atoms. The zero-order valence-electron chi connectivity index (χ0n) is 13.3. The minimum atomic E-state index is 0.528. The monoisotopic (exact) mass is 311 g/mol. The maximum atomic E-state index is 5.96. The number of hydrogen-bond acceptors (Lipinski definition) is 3. The summed E-state index contributed by atoms with van der Waals surface area (Å²) in [6.07, 6.45) is 2.23. The van der Waals surface area contributed by atoms with Crippen LogP contribution in [0.5, 0.6) is 0 Å². The fourth-order valence-electron chi connectivity index (χ4n) is 2.80. The van der Waals surface area contributed by atoms with Crippen LogP contribution >= 0.6 is 11.3 Å². The molecule has 1 aromatic carbocycles. The number of hydrogen-bond donors (Lipinski definition) is 0. The van der Waals surface area contributed by atoms with Crippen molar-refractivity contribution in [3.8, 4) is 10.8 Å². The predicted molar refractivity (Wildman–Crippen MR) is 95.2 cm³/mol. The van der Waals surface area contributed by atoms with Gasteiger partial charge in [-0.1, -0.05) is 26.5 Å². The zero-order chi connectivity index (χ0) is 15.7. The lowest BCUT2D eigenvalue weighted by atomic mass is 9.90. The van der Waals surface area contributed by atoms with Gasteiger partial charge < -0.3 is 4.42 Å². The molecule has 0 saturated carbocycles. The Morgan fingerprint density at radius 2 is 2.00 bits per heavy atom. The summed E-state index contributed by atoms with van der Waals surface area (Å²) in [5, 5.41) is 0. The normalized spacial score (nSPS) is 11.5. The van der Waals surface area contributed by atoms with Gasteiger partial charge in [0.05, 0.1) is 4.88 Å². The zero-order valence-corrected chi connectivity index (χ0v) is 14.2. The Labute approximate surface area is 135 Å². The fourth-order valence-corrected chi connectivity index (χ4v) is 3.59. The van der Waals surface area contributed by atoms with Crippen molar-refractivity contribution in [3.05, 3.63) is 47.4 Å². The van der Waals surface area contributed by atoms with E-state index in [9.17, 15) is 0 Å². The van der Waals surface area contributed by atoms with Gasteiger partial charge in [-0.2, -0.15) is 0 Å². The van der Waals surface area contributed by atoms with Crippen molar-refractivity contribution in [3.63, 3.8) is 0 Å². The molecule has 3 heteroatoms. The molecular formula is C19H21NOS. The van der Waals surface area contributed by atoms with Crippen LogP contribution in [-0.2, 0) is 0 Å². The van der Waals surface area contributed by atoms with Crippen molar-refractivity contribution in [2.75, 3.05) is 0 Å². The highest BCUT2D eigenvalue weighted by molar-refractivity contribution is 7.15. The summed E-state index contributed by atoms with van der Waals surface area (Å²) in [7, 11) is 0. The third-order valence-electron chi connectivity index (χ3n) is 4.19. The molecule has 0 saturated heterocycles. The number of aromatic nitrogens is 1. The molecule has 0 N–H and O–H groups in total. The maximum Gasteiger partial charge on any atom is 0.237 e. The predicted octanol–water partition coefficient (Wildman–Crippen LogP) is 6.31. The molecule has 3 aromatic rings. The van der Waals surface area contributed by atoms with Crippen LogP contribution in [0.3, 0.4) is 0 Å². The Morgan fingerprint density at radius 3 is 2.64 bits per heavy atom. The summed E-state index contributed by atoms with van der Waals surface area (Å²) in [6, 6.07) is 10.4. The van der Waals surface area contributed by atoms with E-state index < -0.39 is 0 Å². The number of fused-ring (bicyclic) bond motifs is 1. The molecule has 0 aliphatic rings. The molecule has 2 aromatic heterocycles. The number of oxazole rings is 1. The second kappa shape index (κ2) is 6.09. The van der Waals surface area contributed by atoms with E-state index in [-0.39, 0.29) is 0 Å². The molecule has 3 rings (SSSR count). The lowest BCUT2D eigenvalue weighted by Crippen LogP contribution is -1.99. The van der Waals surface area contributed by atoms with Gasteiger partial charge in [-0.05, 0) is 61.1 Å². The minimum absolute atomic E-state index is 0.528. The Morgan fingerprint density at radius 1 is 1.23 bits per heavy atom. The lowest BCUT2D eigenvalue weighted by molar-refractivity contribution is 0.618. The van der Waals surface area contributed by atoms with Crippen LogP contribution in [0.15, 0.2) is 41.3 Å². The van der Waals surface area contributed by atoms with Crippen molar-refractivity contribution >= 4 is 28.0 Å². The van der Waals surface area contributed by atoms with Crippen LogP contribution in [0.4, 0.5) is 0 Å². The van der Waals surface area contributed by atoms with Gasteiger partial charge in [-0.3, -0.25) is 0 Å². The first-order valence-electron chi connectivity index (χ1n) is 7.79.